The lowest BCUT2D eigenvalue weighted by molar-refractivity contribution is -0.130. The van der Waals surface area contributed by atoms with Gasteiger partial charge in [-0.15, -0.1) is 0 Å². The average molecular weight is 378 g/mol. The molecule has 1 N–H and O–H groups in total. The van der Waals surface area contributed by atoms with E-state index in [4.69, 9.17) is 0 Å². The minimum atomic E-state index is -1.16. The zero-order valence-corrected chi connectivity index (χ0v) is 16.8. The van der Waals surface area contributed by atoms with Crippen LogP contribution in [0.5, 0.6) is 0 Å². The van der Waals surface area contributed by atoms with E-state index in [0.717, 1.165) is 28.9 Å². The van der Waals surface area contributed by atoms with Crippen LogP contribution in [-0.4, -0.2) is 29.2 Å². The van der Waals surface area contributed by atoms with Crippen molar-refractivity contribution in [1.82, 2.24) is 10.2 Å². The van der Waals surface area contributed by atoms with Crippen LogP contribution in [0.2, 0.25) is 0 Å². The maximum atomic E-state index is 13.0. The molecule has 28 heavy (non-hydrogen) atoms. The Morgan fingerprint density at radius 3 is 2.32 bits per heavy atom. The van der Waals surface area contributed by atoms with Gasteiger partial charge in [-0.25, -0.2) is 4.79 Å². The molecule has 0 radical (unpaired) electrons. The number of hydrogen-bond acceptors (Lipinski definition) is 3. The Morgan fingerprint density at radius 1 is 1.04 bits per heavy atom. The van der Waals surface area contributed by atoms with Gasteiger partial charge < -0.3 is 5.32 Å². The molecule has 0 saturated carbocycles. The van der Waals surface area contributed by atoms with Crippen LogP contribution in [0, 0.1) is 13.8 Å². The number of carbonyl (C=O) groups excluding carboxylic acids is 3. The zero-order valence-electron chi connectivity index (χ0n) is 16.8. The molecule has 1 fully saturated rings. The quantitative estimate of drug-likeness (QED) is 0.612. The first kappa shape index (κ1) is 19.8. The molecule has 2 aromatic rings. The number of nitrogens with one attached hydrogen (secondary N) is 1. The van der Waals surface area contributed by atoms with Crippen LogP contribution in [0.3, 0.4) is 0 Å². The summed E-state index contributed by atoms with van der Waals surface area (Å²) in [7, 11) is 0. The highest BCUT2D eigenvalue weighted by Gasteiger charge is 2.49. The standard InChI is InChI=1S/C23H26N2O3/c1-5-6-17-8-11-19(12-9-17)23(4)21(27)25(22(28)24-23)14-20(26)18-10-7-15(2)16(3)13-18/h7-13H,5-6,14H2,1-4H3,(H,24,28). The number of amides is 3. The monoisotopic (exact) mass is 378 g/mol. The minimum absolute atomic E-state index is 0.255. The molecule has 3 rings (SSSR count). The lowest BCUT2D eigenvalue weighted by Gasteiger charge is -2.22. The van der Waals surface area contributed by atoms with Crippen molar-refractivity contribution < 1.29 is 14.4 Å². The molecular weight excluding hydrogens is 352 g/mol. The SMILES string of the molecule is CCCc1ccc(C2(C)NC(=O)N(CC(=O)c3ccc(C)c(C)c3)C2=O)cc1. The Hall–Kier alpha value is -2.95. The molecule has 0 spiro atoms. The van der Waals surface area contributed by atoms with Gasteiger partial charge in [-0.2, -0.15) is 0 Å². The van der Waals surface area contributed by atoms with Crippen molar-refractivity contribution in [2.45, 2.75) is 46.1 Å². The summed E-state index contributed by atoms with van der Waals surface area (Å²) < 4.78 is 0. The molecule has 5 nitrogen and oxygen atoms in total. The molecule has 146 valence electrons. The van der Waals surface area contributed by atoms with E-state index in [0.29, 0.717) is 11.1 Å². The number of urea groups is 1. The van der Waals surface area contributed by atoms with Gasteiger partial charge in [0.1, 0.15) is 5.54 Å². The summed E-state index contributed by atoms with van der Waals surface area (Å²) in [5, 5.41) is 2.76. The number of hydrogen-bond donors (Lipinski definition) is 1. The molecule has 1 atom stereocenters. The first-order valence-electron chi connectivity index (χ1n) is 9.60. The number of nitrogens with zero attached hydrogens (tertiary/aromatic N) is 1. The molecule has 0 aliphatic carbocycles. The van der Waals surface area contributed by atoms with Gasteiger partial charge in [-0.3, -0.25) is 14.5 Å². The number of ketones is 1. The fourth-order valence-electron chi connectivity index (χ4n) is 3.48. The third-order valence-corrected chi connectivity index (χ3v) is 5.48. The summed E-state index contributed by atoms with van der Waals surface area (Å²) in [6, 6.07) is 12.6. The van der Waals surface area contributed by atoms with Gasteiger partial charge in [-0.05, 0) is 55.5 Å². The molecule has 5 heteroatoms. The van der Waals surface area contributed by atoms with E-state index in [1.54, 1.807) is 19.1 Å². The van der Waals surface area contributed by atoms with E-state index >= 15 is 0 Å². The number of imide groups is 1. The Labute approximate surface area is 165 Å². The second-order valence-electron chi connectivity index (χ2n) is 7.62. The van der Waals surface area contributed by atoms with E-state index in [9.17, 15) is 14.4 Å². The largest absolute Gasteiger partial charge is 0.325 e. The molecular formula is C23H26N2O3. The number of rotatable bonds is 6. The molecule has 1 aliphatic rings. The van der Waals surface area contributed by atoms with Gasteiger partial charge in [0.2, 0.25) is 0 Å². The van der Waals surface area contributed by atoms with Crippen LogP contribution in [0.4, 0.5) is 4.79 Å². The summed E-state index contributed by atoms with van der Waals surface area (Å²) in [4.78, 5) is 39.2. The summed E-state index contributed by atoms with van der Waals surface area (Å²) in [6.45, 7) is 7.43. The number of carbonyl (C=O) groups is 3. The van der Waals surface area contributed by atoms with Crippen molar-refractivity contribution in [3.63, 3.8) is 0 Å². The Bertz CT molecular complexity index is 933. The van der Waals surface area contributed by atoms with Crippen molar-refractivity contribution in [2.24, 2.45) is 0 Å². The summed E-state index contributed by atoms with van der Waals surface area (Å²) >= 11 is 0. The average Bonchev–Trinajstić information content (AvgIpc) is 2.88. The minimum Gasteiger partial charge on any atom is -0.319 e. The number of benzene rings is 2. The van der Waals surface area contributed by atoms with E-state index < -0.39 is 17.5 Å². The van der Waals surface area contributed by atoms with Crippen LogP contribution in [0.15, 0.2) is 42.5 Å². The molecule has 0 bridgehead atoms. The van der Waals surface area contributed by atoms with Crippen LogP contribution in [0.1, 0.15) is 52.9 Å². The first-order valence-corrected chi connectivity index (χ1v) is 9.60. The number of Topliss-reactive ketones (excluding diaryl/α,β-unsaturated/α-hetero) is 1. The van der Waals surface area contributed by atoms with E-state index in [2.05, 4.69) is 12.2 Å². The molecule has 1 heterocycles. The van der Waals surface area contributed by atoms with Crippen LogP contribution in [0.25, 0.3) is 0 Å². The van der Waals surface area contributed by atoms with Crippen LogP contribution < -0.4 is 5.32 Å². The van der Waals surface area contributed by atoms with E-state index in [1.807, 2.05) is 44.2 Å². The molecule has 1 aliphatic heterocycles. The summed E-state index contributed by atoms with van der Waals surface area (Å²) in [5.41, 5.74) is 3.33. The Morgan fingerprint density at radius 2 is 1.71 bits per heavy atom. The fourth-order valence-corrected chi connectivity index (χ4v) is 3.48. The predicted octanol–water partition coefficient (Wildman–Crippen LogP) is 3.91. The maximum absolute atomic E-state index is 13.0. The third-order valence-electron chi connectivity index (χ3n) is 5.48. The molecule has 3 amide bonds. The predicted molar refractivity (Wildman–Crippen MR) is 108 cm³/mol. The van der Waals surface area contributed by atoms with Gasteiger partial charge in [0, 0.05) is 5.56 Å². The summed E-state index contributed by atoms with van der Waals surface area (Å²) in [5.74, 6) is -0.660. The fraction of sp³-hybridized carbons (Fsp3) is 0.348. The highest BCUT2D eigenvalue weighted by atomic mass is 16.2. The molecule has 0 aromatic heterocycles. The van der Waals surface area contributed by atoms with Crippen molar-refractivity contribution in [2.75, 3.05) is 6.54 Å². The van der Waals surface area contributed by atoms with Crippen molar-refractivity contribution in [3.8, 4) is 0 Å². The van der Waals surface area contributed by atoms with Crippen LogP contribution in [-0.2, 0) is 16.8 Å². The van der Waals surface area contributed by atoms with E-state index in [-0.39, 0.29) is 12.3 Å². The van der Waals surface area contributed by atoms with Gasteiger partial charge >= 0.3 is 6.03 Å². The third kappa shape index (κ3) is 3.57. The normalized spacial score (nSPS) is 19.1. The zero-order chi connectivity index (χ0) is 20.5. The highest BCUT2D eigenvalue weighted by molar-refractivity contribution is 6.11. The number of aryl methyl sites for hydroxylation is 3. The van der Waals surface area contributed by atoms with Crippen LogP contribution >= 0.6 is 0 Å². The second-order valence-corrected chi connectivity index (χ2v) is 7.62. The molecule has 2 aromatic carbocycles. The van der Waals surface area contributed by atoms with Gasteiger partial charge in [0.25, 0.3) is 5.91 Å². The van der Waals surface area contributed by atoms with Gasteiger partial charge in [0.15, 0.2) is 5.78 Å². The first-order chi connectivity index (χ1) is 13.3. The van der Waals surface area contributed by atoms with Gasteiger partial charge in [-0.1, -0.05) is 49.7 Å². The summed E-state index contributed by atoms with van der Waals surface area (Å²) in [6.07, 6.45) is 2.01. The van der Waals surface area contributed by atoms with Crippen molar-refractivity contribution in [3.05, 3.63) is 70.3 Å². The van der Waals surface area contributed by atoms with Crippen molar-refractivity contribution in [1.29, 1.82) is 0 Å². The molecule has 1 unspecified atom stereocenters. The Balaban J connectivity index is 1.80. The van der Waals surface area contributed by atoms with Gasteiger partial charge in [0.05, 0.1) is 6.54 Å². The lowest BCUT2D eigenvalue weighted by Crippen LogP contribution is -2.41. The molecule has 1 saturated heterocycles. The highest BCUT2D eigenvalue weighted by Crippen LogP contribution is 2.29. The lowest BCUT2D eigenvalue weighted by atomic mass is 9.91. The second kappa shape index (κ2) is 7.58. The topological polar surface area (TPSA) is 66.5 Å². The Kier molecular flexibility index (Phi) is 5.36. The van der Waals surface area contributed by atoms with E-state index in [1.165, 1.54) is 5.56 Å². The smallest absolute Gasteiger partial charge is 0.319 e. The van der Waals surface area contributed by atoms with Crippen molar-refractivity contribution >= 4 is 17.7 Å². The maximum Gasteiger partial charge on any atom is 0.325 e.